The molecule has 3 aromatic carbocycles. The number of carbonyl (C=O) groups excluding carboxylic acids is 1. The summed E-state index contributed by atoms with van der Waals surface area (Å²) in [6.07, 6.45) is 1.94. The SMILES string of the molecule is O=C(NCCCc1ccccc1)C1c2ccccc2-c2ccccc21. The lowest BCUT2D eigenvalue weighted by atomic mass is 9.96. The lowest BCUT2D eigenvalue weighted by Gasteiger charge is -2.14. The minimum atomic E-state index is -0.191. The average Bonchev–Trinajstić information content (AvgIpc) is 3.01. The van der Waals surface area contributed by atoms with Crippen LogP contribution in [0.2, 0.25) is 0 Å². The summed E-state index contributed by atoms with van der Waals surface area (Å²) in [7, 11) is 0. The summed E-state index contributed by atoms with van der Waals surface area (Å²) < 4.78 is 0. The molecule has 0 saturated carbocycles. The van der Waals surface area contributed by atoms with Crippen molar-refractivity contribution in [2.45, 2.75) is 18.8 Å². The summed E-state index contributed by atoms with van der Waals surface area (Å²) in [6, 6.07) is 26.9. The van der Waals surface area contributed by atoms with Crippen molar-refractivity contribution in [3.63, 3.8) is 0 Å². The number of amides is 1. The second-order valence-corrected chi connectivity index (χ2v) is 6.49. The molecule has 0 heterocycles. The van der Waals surface area contributed by atoms with Gasteiger partial charge >= 0.3 is 0 Å². The van der Waals surface area contributed by atoms with E-state index in [-0.39, 0.29) is 11.8 Å². The number of nitrogens with one attached hydrogen (secondary N) is 1. The van der Waals surface area contributed by atoms with Crippen molar-refractivity contribution in [3.05, 3.63) is 95.6 Å². The maximum absolute atomic E-state index is 12.9. The first-order chi connectivity index (χ1) is 12.3. The Morgan fingerprint density at radius 3 is 1.96 bits per heavy atom. The van der Waals surface area contributed by atoms with Gasteiger partial charge in [0.1, 0.15) is 0 Å². The fourth-order valence-corrected chi connectivity index (χ4v) is 3.69. The van der Waals surface area contributed by atoms with Crippen LogP contribution >= 0.6 is 0 Å². The standard InChI is InChI=1S/C23H21NO/c25-23(24-16-8-11-17-9-2-1-3-10-17)22-20-14-6-4-12-18(20)19-13-5-7-15-21(19)22/h1-7,9-10,12-15,22H,8,11,16H2,(H,24,25). The Bertz CT molecular complexity index is 840. The molecule has 124 valence electrons. The van der Waals surface area contributed by atoms with Gasteiger partial charge in [-0.05, 0) is 40.7 Å². The molecule has 0 atom stereocenters. The summed E-state index contributed by atoms with van der Waals surface area (Å²) in [5, 5.41) is 3.14. The molecule has 0 unspecified atom stereocenters. The van der Waals surface area contributed by atoms with E-state index < -0.39 is 0 Å². The highest BCUT2D eigenvalue weighted by Gasteiger charge is 2.32. The van der Waals surface area contributed by atoms with Gasteiger partial charge in [-0.15, -0.1) is 0 Å². The number of rotatable bonds is 5. The highest BCUT2D eigenvalue weighted by Crippen LogP contribution is 2.44. The molecule has 25 heavy (non-hydrogen) atoms. The van der Waals surface area contributed by atoms with E-state index in [1.807, 2.05) is 30.3 Å². The molecular formula is C23H21NO. The smallest absolute Gasteiger partial charge is 0.232 e. The minimum Gasteiger partial charge on any atom is -0.355 e. The van der Waals surface area contributed by atoms with Crippen LogP contribution in [-0.4, -0.2) is 12.5 Å². The van der Waals surface area contributed by atoms with Gasteiger partial charge in [-0.1, -0.05) is 78.9 Å². The molecule has 0 spiro atoms. The van der Waals surface area contributed by atoms with Gasteiger partial charge in [0.25, 0.3) is 0 Å². The second-order valence-electron chi connectivity index (χ2n) is 6.49. The topological polar surface area (TPSA) is 29.1 Å². The summed E-state index contributed by atoms with van der Waals surface area (Å²) in [5.41, 5.74) is 5.91. The van der Waals surface area contributed by atoms with Crippen molar-refractivity contribution in [1.29, 1.82) is 0 Å². The molecule has 0 aromatic heterocycles. The molecule has 1 aliphatic rings. The molecule has 2 heteroatoms. The number of fused-ring (bicyclic) bond motifs is 3. The first-order valence-corrected chi connectivity index (χ1v) is 8.84. The molecule has 4 rings (SSSR count). The van der Waals surface area contributed by atoms with Crippen LogP contribution in [0.15, 0.2) is 78.9 Å². The molecular weight excluding hydrogens is 306 g/mol. The van der Waals surface area contributed by atoms with Gasteiger partial charge in [0.05, 0.1) is 5.92 Å². The third-order valence-electron chi connectivity index (χ3n) is 4.88. The summed E-state index contributed by atoms with van der Waals surface area (Å²) in [5.74, 6) is -0.0883. The second kappa shape index (κ2) is 6.94. The molecule has 3 aromatic rings. The predicted octanol–water partition coefficient (Wildman–Crippen LogP) is 4.55. The Morgan fingerprint density at radius 1 is 0.760 bits per heavy atom. The quantitative estimate of drug-likeness (QED) is 0.685. The van der Waals surface area contributed by atoms with Crippen molar-refractivity contribution in [1.82, 2.24) is 5.32 Å². The van der Waals surface area contributed by atoms with Gasteiger partial charge in [-0.25, -0.2) is 0 Å². The number of carbonyl (C=O) groups is 1. The molecule has 1 N–H and O–H groups in total. The van der Waals surface area contributed by atoms with E-state index >= 15 is 0 Å². The van der Waals surface area contributed by atoms with Gasteiger partial charge in [0, 0.05) is 6.54 Å². The average molecular weight is 327 g/mol. The number of aryl methyl sites for hydroxylation is 1. The molecule has 1 amide bonds. The summed E-state index contributed by atoms with van der Waals surface area (Å²) in [4.78, 5) is 12.9. The molecule has 2 nitrogen and oxygen atoms in total. The first kappa shape index (κ1) is 15.6. The lowest BCUT2D eigenvalue weighted by Crippen LogP contribution is -2.30. The number of benzene rings is 3. The Kier molecular flexibility index (Phi) is 4.34. The number of hydrogen-bond donors (Lipinski definition) is 1. The Balaban J connectivity index is 1.45. The van der Waals surface area contributed by atoms with Crippen LogP contribution in [0, 0.1) is 0 Å². The highest BCUT2D eigenvalue weighted by atomic mass is 16.1. The molecule has 0 aliphatic heterocycles. The van der Waals surface area contributed by atoms with Crippen LogP contribution in [0.4, 0.5) is 0 Å². The molecule has 0 saturated heterocycles. The van der Waals surface area contributed by atoms with Gasteiger partial charge in [-0.3, -0.25) is 4.79 Å². The zero-order valence-corrected chi connectivity index (χ0v) is 14.1. The normalized spacial score (nSPS) is 12.5. The Hall–Kier alpha value is -2.87. The summed E-state index contributed by atoms with van der Waals surface area (Å²) >= 11 is 0. The fraction of sp³-hybridized carbons (Fsp3) is 0.174. The molecule has 0 bridgehead atoms. The van der Waals surface area contributed by atoms with E-state index in [4.69, 9.17) is 0 Å². The van der Waals surface area contributed by atoms with Crippen LogP contribution < -0.4 is 5.32 Å². The molecule has 0 radical (unpaired) electrons. The first-order valence-electron chi connectivity index (χ1n) is 8.84. The van der Waals surface area contributed by atoms with E-state index in [2.05, 4.69) is 53.8 Å². The summed E-state index contributed by atoms with van der Waals surface area (Å²) in [6.45, 7) is 0.703. The fourth-order valence-electron chi connectivity index (χ4n) is 3.69. The van der Waals surface area contributed by atoms with E-state index in [1.54, 1.807) is 0 Å². The van der Waals surface area contributed by atoms with Crippen molar-refractivity contribution >= 4 is 5.91 Å². The van der Waals surface area contributed by atoms with Crippen molar-refractivity contribution in [2.24, 2.45) is 0 Å². The van der Waals surface area contributed by atoms with Crippen LogP contribution in [0.25, 0.3) is 11.1 Å². The predicted molar refractivity (Wildman–Crippen MR) is 101 cm³/mol. The van der Waals surface area contributed by atoms with E-state index in [1.165, 1.54) is 16.7 Å². The minimum absolute atomic E-state index is 0.102. The van der Waals surface area contributed by atoms with Gasteiger partial charge in [0.2, 0.25) is 5.91 Å². The van der Waals surface area contributed by atoms with Gasteiger partial charge in [0.15, 0.2) is 0 Å². The maximum Gasteiger partial charge on any atom is 0.232 e. The van der Waals surface area contributed by atoms with E-state index in [9.17, 15) is 4.79 Å². The molecule has 0 fully saturated rings. The van der Waals surface area contributed by atoms with E-state index in [0.29, 0.717) is 6.54 Å². The van der Waals surface area contributed by atoms with Crippen molar-refractivity contribution in [3.8, 4) is 11.1 Å². The van der Waals surface area contributed by atoms with E-state index in [0.717, 1.165) is 24.0 Å². The third kappa shape index (κ3) is 3.08. The van der Waals surface area contributed by atoms with Crippen LogP contribution in [0.3, 0.4) is 0 Å². The molecule has 1 aliphatic carbocycles. The monoisotopic (exact) mass is 327 g/mol. The van der Waals surface area contributed by atoms with Gasteiger partial charge < -0.3 is 5.32 Å². The van der Waals surface area contributed by atoms with Crippen molar-refractivity contribution < 1.29 is 4.79 Å². The van der Waals surface area contributed by atoms with Crippen LogP contribution in [0.5, 0.6) is 0 Å². The maximum atomic E-state index is 12.9. The Labute approximate surface area is 148 Å². The third-order valence-corrected chi connectivity index (χ3v) is 4.88. The lowest BCUT2D eigenvalue weighted by molar-refractivity contribution is -0.121. The largest absolute Gasteiger partial charge is 0.355 e. The van der Waals surface area contributed by atoms with Gasteiger partial charge in [-0.2, -0.15) is 0 Å². The number of hydrogen-bond acceptors (Lipinski definition) is 1. The van der Waals surface area contributed by atoms with Crippen LogP contribution in [-0.2, 0) is 11.2 Å². The zero-order valence-electron chi connectivity index (χ0n) is 14.1. The highest BCUT2D eigenvalue weighted by molar-refractivity contribution is 5.96. The van der Waals surface area contributed by atoms with Crippen molar-refractivity contribution in [2.75, 3.05) is 6.54 Å². The Morgan fingerprint density at radius 2 is 1.32 bits per heavy atom. The van der Waals surface area contributed by atoms with Crippen LogP contribution in [0.1, 0.15) is 29.0 Å². The zero-order chi connectivity index (χ0) is 17.1.